The Morgan fingerprint density at radius 3 is 2.75 bits per heavy atom. The monoisotopic (exact) mass is 332 g/mol. The Labute approximate surface area is 137 Å². The van der Waals surface area contributed by atoms with Crippen LogP contribution in [0.5, 0.6) is 5.75 Å². The first-order chi connectivity index (χ1) is 11.5. The predicted molar refractivity (Wildman–Crippen MR) is 82.9 cm³/mol. The van der Waals surface area contributed by atoms with Crippen molar-refractivity contribution in [1.29, 1.82) is 0 Å². The van der Waals surface area contributed by atoms with Gasteiger partial charge < -0.3 is 20.3 Å². The van der Waals surface area contributed by atoms with Gasteiger partial charge in [-0.3, -0.25) is 9.78 Å². The number of benzene rings is 1. The Morgan fingerprint density at radius 2 is 2.04 bits per heavy atom. The molecule has 0 saturated heterocycles. The van der Waals surface area contributed by atoms with Crippen molar-refractivity contribution in [3.63, 3.8) is 0 Å². The molecule has 0 aliphatic heterocycles. The molecule has 0 spiro atoms. The van der Waals surface area contributed by atoms with E-state index in [0.717, 1.165) is 0 Å². The van der Waals surface area contributed by atoms with Crippen LogP contribution in [0.15, 0.2) is 48.7 Å². The second-order valence-electron chi connectivity index (χ2n) is 5.63. The predicted octanol–water partition coefficient (Wildman–Crippen LogP) is 0.892. The van der Waals surface area contributed by atoms with Crippen LogP contribution < -0.4 is 10.1 Å². The summed E-state index contributed by atoms with van der Waals surface area (Å²) in [5.74, 6) is -0.651. The quantitative estimate of drug-likeness (QED) is 0.773. The Hall–Kier alpha value is -2.51. The molecule has 0 unspecified atom stereocenters. The van der Waals surface area contributed by atoms with Gasteiger partial charge in [0.25, 0.3) is 5.91 Å². The fourth-order valence-electron chi connectivity index (χ4n) is 2.70. The molecule has 7 heteroatoms. The van der Waals surface area contributed by atoms with Gasteiger partial charge in [0.15, 0.2) is 0 Å². The van der Waals surface area contributed by atoms with Gasteiger partial charge in [0.05, 0.1) is 6.04 Å². The lowest BCUT2D eigenvalue weighted by molar-refractivity contribution is -0.0135. The maximum absolute atomic E-state index is 13.2. The third-order valence-corrected chi connectivity index (χ3v) is 3.93. The maximum Gasteiger partial charge on any atom is 0.270 e. The summed E-state index contributed by atoms with van der Waals surface area (Å²) in [7, 11) is 0. The number of nitrogens with zero attached hydrogens (tertiary/aromatic N) is 1. The Balaban J connectivity index is 1.65. The lowest BCUT2D eigenvalue weighted by Gasteiger charge is -2.18. The Bertz CT molecular complexity index is 713. The van der Waals surface area contributed by atoms with Crippen LogP contribution in [0, 0.1) is 5.82 Å². The molecular weight excluding hydrogens is 315 g/mol. The molecule has 0 bridgehead atoms. The third-order valence-electron chi connectivity index (χ3n) is 3.93. The molecule has 1 heterocycles. The van der Waals surface area contributed by atoms with Crippen molar-refractivity contribution < 1.29 is 24.1 Å². The number of aromatic nitrogens is 1. The minimum Gasteiger partial charge on any atom is -0.487 e. The van der Waals surface area contributed by atoms with Crippen molar-refractivity contribution in [3.8, 4) is 5.75 Å². The first kappa shape index (κ1) is 16.4. The van der Waals surface area contributed by atoms with Crippen LogP contribution in [0.1, 0.15) is 16.9 Å². The summed E-state index contributed by atoms with van der Waals surface area (Å²) in [6, 6.07) is 9.75. The summed E-state index contributed by atoms with van der Waals surface area (Å²) in [5.41, 5.74) is 0.216. The lowest BCUT2D eigenvalue weighted by Crippen LogP contribution is -2.43. The van der Waals surface area contributed by atoms with Crippen LogP contribution in [-0.4, -0.2) is 45.5 Å². The number of carbonyl (C=O) groups excluding carboxylic acids is 1. The van der Waals surface area contributed by atoms with E-state index in [0.29, 0.717) is 0 Å². The lowest BCUT2D eigenvalue weighted by atomic mass is 10.2. The molecule has 3 N–H and O–H groups in total. The van der Waals surface area contributed by atoms with Crippen molar-refractivity contribution in [2.45, 2.75) is 30.8 Å². The minimum atomic E-state index is -1.19. The molecule has 2 aromatic rings. The smallest absolute Gasteiger partial charge is 0.270 e. The van der Waals surface area contributed by atoms with Crippen LogP contribution in [0.25, 0.3) is 0 Å². The van der Waals surface area contributed by atoms with E-state index < -0.39 is 36.1 Å². The fourth-order valence-corrected chi connectivity index (χ4v) is 2.70. The summed E-state index contributed by atoms with van der Waals surface area (Å²) in [4.78, 5) is 16.0. The highest BCUT2D eigenvalue weighted by molar-refractivity contribution is 5.92. The van der Waals surface area contributed by atoms with Gasteiger partial charge in [-0.1, -0.05) is 12.1 Å². The number of halogens is 1. The van der Waals surface area contributed by atoms with Gasteiger partial charge in [-0.15, -0.1) is 0 Å². The molecule has 1 aromatic heterocycles. The normalized spacial score (nSPS) is 26.1. The first-order valence-electron chi connectivity index (χ1n) is 7.55. The van der Waals surface area contributed by atoms with E-state index in [1.54, 1.807) is 24.3 Å². The first-order valence-corrected chi connectivity index (χ1v) is 7.55. The van der Waals surface area contributed by atoms with Gasteiger partial charge in [0.1, 0.15) is 35.6 Å². The summed E-state index contributed by atoms with van der Waals surface area (Å²) in [5, 5.41) is 22.9. The molecule has 1 aromatic carbocycles. The average molecular weight is 332 g/mol. The molecular formula is C17H17FN2O4. The zero-order chi connectivity index (χ0) is 17.1. The third kappa shape index (κ3) is 3.52. The van der Waals surface area contributed by atoms with Gasteiger partial charge in [-0.2, -0.15) is 0 Å². The van der Waals surface area contributed by atoms with Crippen molar-refractivity contribution in [1.82, 2.24) is 10.3 Å². The van der Waals surface area contributed by atoms with Gasteiger partial charge in [-0.25, -0.2) is 4.39 Å². The summed E-state index contributed by atoms with van der Waals surface area (Å²) < 4.78 is 18.7. The van der Waals surface area contributed by atoms with Crippen LogP contribution in [-0.2, 0) is 0 Å². The van der Waals surface area contributed by atoms with Crippen LogP contribution >= 0.6 is 0 Å². The number of hydrogen-bond donors (Lipinski definition) is 3. The number of aliphatic hydroxyl groups is 2. The number of carbonyl (C=O) groups is 1. The number of rotatable bonds is 4. The van der Waals surface area contributed by atoms with E-state index >= 15 is 0 Å². The molecule has 24 heavy (non-hydrogen) atoms. The zero-order valence-electron chi connectivity index (χ0n) is 12.7. The number of ether oxygens (including phenoxy) is 1. The molecule has 0 radical (unpaired) electrons. The SMILES string of the molecule is O=C(N[C@@H]1C[C@@H](Oc2cccc(F)c2)[C@H](O)[C@H]1O)c1ccccn1. The second kappa shape index (κ2) is 6.94. The average Bonchev–Trinajstić information content (AvgIpc) is 2.84. The molecule has 3 rings (SSSR count). The van der Waals surface area contributed by atoms with Crippen LogP contribution in [0.2, 0.25) is 0 Å². The largest absolute Gasteiger partial charge is 0.487 e. The minimum absolute atomic E-state index is 0.192. The van der Waals surface area contributed by atoms with E-state index in [9.17, 15) is 19.4 Å². The maximum atomic E-state index is 13.2. The van der Waals surface area contributed by atoms with Crippen LogP contribution in [0.3, 0.4) is 0 Å². The summed E-state index contributed by atoms with van der Waals surface area (Å²) in [6.45, 7) is 0. The van der Waals surface area contributed by atoms with E-state index in [-0.39, 0.29) is 17.9 Å². The topological polar surface area (TPSA) is 91.7 Å². The highest BCUT2D eigenvalue weighted by Crippen LogP contribution is 2.26. The van der Waals surface area contributed by atoms with E-state index in [1.165, 1.54) is 24.4 Å². The number of hydrogen-bond acceptors (Lipinski definition) is 5. The van der Waals surface area contributed by atoms with Crippen molar-refractivity contribution in [2.75, 3.05) is 0 Å². The Kier molecular flexibility index (Phi) is 4.73. The molecule has 1 aliphatic rings. The molecule has 4 atom stereocenters. The van der Waals surface area contributed by atoms with E-state index in [4.69, 9.17) is 4.74 Å². The molecule has 1 amide bonds. The highest BCUT2D eigenvalue weighted by atomic mass is 19.1. The highest BCUT2D eigenvalue weighted by Gasteiger charge is 2.43. The Morgan fingerprint density at radius 1 is 1.21 bits per heavy atom. The van der Waals surface area contributed by atoms with Gasteiger partial charge in [-0.05, 0) is 24.3 Å². The fraction of sp³-hybridized carbons (Fsp3) is 0.294. The number of aliphatic hydroxyl groups excluding tert-OH is 2. The molecule has 1 fully saturated rings. The second-order valence-corrected chi connectivity index (χ2v) is 5.63. The molecule has 126 valence electrons. The van der Waals surface area contributed by atoms with Gasteiger partial charge >= 0.3 is 0 Å². The summed E-state index contributed by atoms with van der Waals surface area (Å²) in [6.07, 6.45) is -1.45. The standard InChI is InChI=1S/C17H17FN2O4/c18-10-4-3-5-11(8-10)24-14-9-13(15(21)16(14)22)20-17(23)12-6-1-2-7-19-12/h1-8,13-16,21-22H,9H2,(H,20,23)/t13-,14-,15+,16+/m1/s1. The van der Waals surface area contributed by atoms with Crippen LogP contribution in [0.4, 0.5) is 4.39 Å². The number of pyridine rings is 1. The molecule has 1 aliphatic carbocycles. The molecule has 6 nitrogen and oxygen atoms in total. The van der Waals surface area contributed by atoms with Crippen molar-refractivity contribution in [2.24, 2.45) is 0 Å². The number of nitrogens with one attached hydrogen (secondary N) is 1. The summed E-state index contributed by atoms with van der Waals surface area (Å²) >= 11 is 0. The van der Waals surface area contributed by atoms with Crippen molar-refractivity contribution in [3.05, 3.63) is 60.2 Å². The van der Waals surface area contributed by atoms with Gasteiger partial charge in [0, 0.05) is 18.7 Å². The van der Waals surface area contributed by atoms with Gasteiger partial charge in [0.2, 0.25) is 0 Å². The van der Waals surface area contributed by atoms with E-state index in [1.807, 2.05) is 0 Å². The zero-order valence-corrected chi connectivity index (χ0v) is 12.7. The molecule has 1 saturated carbocycles. The van der Waals surface area contributed by atoms with Crippen molar-refractivity contribution >= 4 is 5.91 Å². The van der Waals surface area contributed by atoms with E-state index in [2.05, 4.69) is 10.3 Å². The number of amides is 1.